The molecule has 0 saturated heterocycles. The summed E-state index contributed by atoms with van der Waals surface area (Å²) in [5.41, 5.74) is 13.8. The first-order chi connectivity index (χ1) is 29.2. The lowest BCUT2D eigenvalue weighted by Crippen LogP contribution is -1.98. The number of benzene rings is 8. The van der Waals surface area contributed by atoms with Crippen molar-refractivity contribution in [3.63, 3.8) is 0 Å². The van der Waals surface area contributed by atoms with Crippen LogP contribution in [0.4, 0.5) is 0 Å². The van der Waals surface area contributed by atoms with Gasteiger partial charge < -0.3 is 4.74 Å². The Balaban J connectivity index is 1.17. The standard InChI is InChI=1S/C54H34N4O/c1-3-16-36(17-4-1)53-55-33-39(34-56-53)50-32-49(57-54(58-50)37-18-5-2-6-19-37)38-28-29-45-43-23-10-9-21-41(43)42-22-11-12-24-44(42)46-25-13-14-26-51(46)59-52-40-20-8-7-15-35(40)27-30-47(52)48(45)31-38/h1-34H. The van der Waals surface area contributed by atoms with Crippen molar-refractivity contribution >= 4 is 10.8 Å². The van der Waals surface area contributed by atoms with Crippen LogP contribution in [0.5, 0.6) is 11.5 Å². The molecule has 0 unspecified atom stereocenters. The van der Waals surface area contributed by atoms with Crippen molar-refractivity contribution in [2.45, 2.75) is 0 Å². The Morgan fingerprint density at radius 2 is 0.831 bits per heavy atom. The molecule has 0 bridgehead atoms. The van der Waals surface area contributed by atoms with E-state index in [9.17, 15) is 0 Å². The molecule has 11 rings (SSSR count). The minimum Gasteiger partial charge on any atom is -0.455 e. The fourth-order valence-electron chi connectivity index (χ4n) is 8.18. The van der Waals surface area contributed by atoms with Gasteiger partial charge in [0.25, 0.3) is 0 Å². The molecule has 1 aliphatic rings. The van der Waals surface area contributed by atoms with Gasteiger partial charge in [-0.1, -0.05) is 170 Å². The van der Waals surface area contributed by atoms with Gasteiger partial charge in [0.1, 0.15) is 11.5 Å². The van der Waals surface area contributed by atoms with Crippen molar-refractivity contribution in [3.05, 3.63) is 207 Å². The third kappa shape index (κ3) is 6.22. The highest BCUT2D eigenvalue weighted by atomic mass is 16.5. The third-order valence-electron chi connectivity index (χ3n) is 11.0. The highest BCUT2D eigenvalue weighted by molar-refractivity contribution is 6.03. The fourth-order valence-corrected chi connectivity index (χ4v) is 8.18. The van der Waals surface area contributed by atoms with Gasteiger partial charge in [-0.25, -0.2) is 19.9 Å². The molecule has 0 spiro atoms. The molecule has 0 N–H and O–H groups in total. The van der Waals surface area contributed by atoms with E-state index in [1.807, 2.05) is 85.2 Å². The number of fused-ring (bicyclic) bond motifs is 11. The molecule has 0 saturated carbocycles. The molecule has 0 fully saturated rings. The zero-order valence-electron chi connectivity index (χ0n) is 31.8. The Hall–Kier alpha value is -8.02. The monoisotopic (exact) mass is 754 g/mol. The summed E-state index contributed by atoms with van der Waals surface area (Å²) < 4.78 is 7.20. The molecule has 5 nitrogen and oxygen atoms in total. The summed E-state index contributed by atoms with van der Waals surface area (Å²) in [7, 11) is 0. The summed E-state index contributed by atoms with van der Waals surface area (Å²) in [6.45, 7) is 0. The van der Waals surface area contributed by atoms with E-state index in [-0.39, 0.29) is 0 Å². The van der Waals surface area contributed by atoms with Crippen LogP contribution in [-0.2, 0) is 0 Å². The summed E-state index contributed by atoms with van der Waals surface area (Å²) in [6, 6.07) is 67.3. The van der Waals surface area contributed by atoms with Crippen LogP contribution in [0, 0.1) is 0 Å². The molecular formula is C54H34N4O. The number of ether oxygens (including phenoxy) is 1. The normalized spacial score (nSPS) is 11.5. The largest absolute Gasteiger partial charge is 0.455 e. The van der Waals surface area contributed by atoms with E-state index in [0.29, 0.717) is 11.6 Å². The van der Waals surface area contributed by atoms with Crippen molar-refractivity contribution in [3.8, 4) is 101 Å². The maximum atomic E-state index is 7.20. The molecule has 10 aromatic rings. The van der Waals surface area contributed by atoms with Gasteiger partial charge in [0, 0.05) is 51.2 Å². The van der Waals surface area contributed by atoms with E-state index in [0.717, 1.165) is 100 Å². The van der Waals surface area contributed by atoms with Crippen LogP contribution >= 0.6 is 0 Å². The van der Waals surface area contributed by atoms with E-state index in [4.69, 9.17) is 24.7 Å². The summed E-state index contributed by atoms with van der Waals surface area (Å²) >= 11 is 0. The van der Waals surface area contributed by atoms with Crippen LogP contribution in [-0.4, -0.2) is 19.9 Å². The van der Waals surface area contributed by atoms with Crippen molar-refractivity contribution in [1.82, 2.24) is 19.9 Å². The Labute approximate surface area is 342 Å². The van der Waals surface area contributed by atoms with Crippen LogP contribution in [0.15, 0.2) is 207 Å². The predicted molar refractivity (Wildman–Crippen MR) is 239 cm³/mol. The third-order valence-corrected chi connectivity index (χ3v) is 11.0. The molecule has 0 amide bonds. The van der Waals surface area contributed by atoms with E-state index in [1.54, 1.807) is 0 Å². The molecule has 59 heavy (non-hydrogen) atoms. The van der Waals surface area contributed by atoms with Crippen molar-refractivity contribution < 1.29 is 4.74 Å². The SMILES string of the molecule is c1ccc(-c2ncc(-c3cc(-c4ccc5c(c4)-c4ccc6ccccc6c4Oc4ccccc4-c4ccccc4-c4ccccc4-5)nc(-c4ccccc4)n3)cn2)cc1. The highest BCUT2D eigenvalue weighted by Crippen LogP contribution is 2.50. The first kappa shape index (κ1) is 34.2. The summed E-state index contributed by atoms with van der Waals surface area (Å²) in [5, 5.41) is 2.14. The van der Waals surface area contributed by atoms with E-state index in [2.05, 4.69) is 121 Å². The van der Waals surface area contributed by atoms with Crippen LogP contribution in [0.1, 0.15) is 0 Å². The predicted octanol–water partition coefficient (Wildman–Crippen LogP) is 13.9. The fraction of sp³-hybridized carbons (Fsp3) is 0. The number of rotatable bonds is 4. The van der Waals surface area contributed by atoms with Crippen molar-refractivity contribution in [1.29, 1.82) is 0 Å². The van der Waals surface area contributed by atoms with Crippen LogP contribution in [0.3, 0.4) is 0 Å². The van der Waals surface area contributed by atoms with Crippen LogP contribution in [0.2, 0.25) is 0 Å². The van der Waals surface area contributed by atoms with Gasteiger partial charge in [-0.15, -0.1) is 0 Å². The average Bonchev–Trinajstić information content (AvgIpc) is 3.33. The Bertz CT molecular complexity index is 3180. The number of para-hydroxylation sites is 1. The Morgan fingerprint density at radius 3 is 1.51 bits per heavy atom. The molecule has 1 aliphatic heterocycles. The zero-order valence-corrected chi connectivity index (χ0v) is 31.8. The molecule has 2 aromatic heterocycles. The van der Waals surface area contributed by atoms with Gasteiger partial charge >= 0.3 is 0 Å². The minimum absolute atomic E-state index is 0.620. The molecule has 5 heteroatoms. The molecular weight excluding hydrogens is 721 g/mol. The van der Waals surface area contributed by atoms with Crippen molar-refractivity contribution in [2.75, 3.05) is 0 Å². The van der Waals surface area contributed by atoms with Crippen LogP contribution < -0.4 is 4.74 Å². The number of aromatic nitrogens is 4. The van der Waals surface area contributed by atoms with Gasteiger partial charge in [0.05, 0.1) is 11.4 Å². The second-order valence-corrected chi connectivity index (χ2v) is 14.6. The molecule has 0 radical (unpaired) electrons. The summed E-state index contributed by atoms with van der Waals surface area (Å²) in [4.78, 5) is 19.8. The molecule has 0 aliphatic carbocycles. The topological polar surface area (TPSA) is 60.8 Å². The van der Waals surface area contributed by atoms with E-state index >= 15 is 0 Å². The van der Waals surface area contributed by atoms with Gasteiger partial charge in [-0.05, 0) is 63.0 Å². The number of hydrogen-bond acceptors (Lipinski definition) is 5. The second kappa shape index (κ2) is 14.5. The maximum absolute atomic E-state index is 7.20. The van der Waals surface area contributed by atoms with Crippen LogP contribution in [0.25, 0.3) is 101 Å². The maximum Gasteiger partial charge on any atom is 0.160 e. The van der Waals surface area contributed by atoms with E-state index in [1.165, 1.54) is 0 Å². The Morgan fingerprint density at radius 1 is 0.322 bits per heavy atom. The molecule has 0 atom stereocenters. The molecule has 3 heterocycles. The van der Waals surface area contributed by atoms with Gasteiger partial charge in [-0.3, -0.25) is 0 Å². The summed E-state index contributed by atoms with van der Waals surface area (Å²) in [6.07, 6.45) is 3.69. The first-order valence-corrected chi connectivity index (χ1v) is 19.7. The minimum atomic E-state index is 0.620. The first-order valence-electron chi connectivity index (χ1n) is 19.7. The lowest BCUT2D eigenvalue weighted by molar-refractivity contribution is 0.492. The Kier molecular flexibility index (Phi) is 8.41. The average molecular weight is 755 g/mol. The lowest BCUT2D eigenvalue weighted by Gasteiger charge is -2.19. The lowest BCUT2D eigenvalue weighted by atomic mass is 9.85. The number of nitrogens with zero attached hydrogens (tertiary/aromatic N) is 4. The smallest absolute Gasteiger partial charge is 0.160 e. The number of hydrogen-bond donors (Lipinski definition) is 0. The van der Waals surface area contributed by atoms with E-state index < -0.39 is 0 Å². The van der Waals surface area contributed by atoms with Crippen molar-refractivity contribution in [2.24, 2.45) is 0 Å². The summed E-state index contributed by atoms with van der Waals surface area (Å²) in [5.74, 6) is 2.88. The quantitative estimate of drug-likeness (QED) is 0.179. The highest BCUT2D eigenvalue weighted by Gasteiger charge is 2.24. The second-order valence-electron chi connectivity index (χ2n) is 14.6. The zero-order chi connectivity index (χ0) is 39.1. The molecule has 8 aromatic carbocycles. The van der Waals surface area contributed by atoms with Gasteiger partial charge in [0.15, 0.2) is 11.6 Å². The van der Waals surface area contributed by atoms with Gasteiger partial charge in [0.2, 0.25) is 0 Å². The molecule has 276 valence electrons. The van der Waals surface area contributed by atoms with Gasteiger partial charge in [-0.2, -0.15) is 0 Å².